The molecule has 2 aromatic carbocycles. The first kappa shape index (κ1) is 14.5. The molecule has 0 fully saturated rings. The average Bonchev–Trinajstić information content (AvgIpc) is 2.52. The zero-order chi connectivity index (χ0) is 15.2. The zero-order valence-corrected chi connectivity index (χ0v) is 11.0. The highest BCUT2D eigenvalue weighted by Gasteiger charge is 2.07. The number of ether oxygens (including phenoxy) is 1. The first-order valence-electron chi connectivity index (χ1n) is 6.07. The molecule has 0 spiro atoms. The van der Waals surface area contributed by atoms with Gasteiger partial charge >= 0.3 is 0 Å². The third kappa shape index (κ3) is 3.77. The summed E-state index contributed by atoms with van der Waals surface area (Å²) in [5.41, 5.74) is 3.18. The van der Waals surface area contributed by atoms with Gasteiger partial charge in [0.15, 0.2) is 0 Å². The van der Waals surface area contributed by atoms with Crippen LogP contribution in [-0.2, 0) is 6.61 Å². The number of nitro groups is 1. The molecule has 0 saturated carbocycles. The van der Waals surface area contributed by atoms with Crippen molar-refractivity contribution in [3.8, 4) is 5.75 Å². The van der Waals surface area contributed by atoms with Crippen LogP contribution in [0, 0.1) is 10.1 Å². The summed E-state index contributed by atoms with van der Waals surface area (Å²) in [4.78, 5) is 21.6. The van der Waals surface area contributed by atoms with Crippen LogP contribution in [0.4, 0.5) is 5.69 Å². The molecule has 0 saturated heterocycles. The molecule has 7 heteroatoms. The number of rotatable bonds is 5. The fourth-order valence-electron chi connectivity index (χ4n) is 1.74. The number of hydrogen-bond donors (Lipinski definition) is 2. The van der Waals surface area contributed by atoms with Gasteiger partial charge < -0.3 is 4.74 Å². The van der Waals surface area contributed by atoms with Gasteiger partial charge in [0.05, 0.1) is 11.0 Å². The summed E-state index contributed by atoms with van der Waals surface area (Å²) >= 11 is 0. The number of nitrogens with one attached hydrogen (secondary N) is 1. The Labute approximate surface area is 120 Å². The highest BCUT2D eigenvalue weighted by Crippen LogP contribution is 2.20. The van der Waals surface area contributed by atoms with Gasteiger partial charge in [-0.3, -0.25) is 20.3 Å². The zero-order valence-electron chi connectivity index (χ0n) is 11.0. The van der Waals surface area contributed by atoms with E-state index in [1.165, 1.54) is 12.1 Å². The van der Waals surface area contributed by atoms with E-state index in [-0.39, 0.29) is 12.3 Å². The van der Waals surface area contributed by atoms with Crippen LogP contribution in [0.5, 0.6) is 5.75 Å². The van der Waals surface area contributed by atoms with Gasteiger partial charge in [0.25, 0.3) is 11.6 Å². The second-order valence-corrected chi connectivity index (χ2v) is 4.22. The number of nitro benzene ring substituents is 1. The van der Waals surface area contributed by atoms with E-state index in [9.17, 15) is 14.9 Å². The number of carbonyl (C=O) groups excluding carboxylic acids is 1. The maximum Gasteiger partial charge on any atom is 0.273 e. The second kappa shape index (κ2) is 6.49. The van der Waals surface area contributed by atoms with Crippen molar-refractivity contribution < 1.29 is 14.5 Å². The van der Waals surface area contributed by atoms with E-state index in [2.05, 4.69) is 0 Å². The highest BCUT2D eigenvalue weighted by atomic mass is 16.6. The molecule has 108 valence electrons. The van der Waals surface area contributed by atoms with Gasteiger partial charge in [-0.25, -0.2) is 5.84 Å². The fourth-order valence-corrected chi connectivity index (χ4v) is 1.74. The third-order valence-electron chi connectivity index (χ3n) is 2.75. The lowest BCUT2D eigenvalue weighted by molar-refractivity contribution is -0.384. The van der Waals surface area contributed by atoms with E-state index in [4.69, 9.17) is 10.6 Å². The summed E-state index contributed by atoms with van der Waals surface area (Å²) in [6.45, 7) is 0.187. The minimum Gasteiger partial charge on any atom is -0.489 e. The predicted molar refractivity (Wildman–Crippen MR) is 75.5 cm³/mol. The van der Waals surface area contributed by atoms with Crippen LogP contribution in [0.2, 0.25) is 0 Å². The molecular weight excluding hydrogens is 274 g/mol. The fraction of sp³-hybridized carbons (Fsp3) is 0.0714. The first-order chi connectivity index (χ1) is 10.1. The molecule has 21 heavy (non-hydrogen) atoms. The maximum atomic E-state index is 11.4. The number of carbonyl (C=O) groups is 1. The van der Waals surface area contributed by atoms with E-state index in [1.807, 2.05) is 5.43 Å². The molecule has 7 nitrogen and oxygen atoms in total. The largest absolute Gasteiger partial charge is 0.489 e. The number of benzene rings is 2. The lowest BCUT2D eigenvalue weighted by Crippen LogP contribution is -2.30. The molecule has 0 atom stereocenters. The maximum absolute atomic E-state index is 11.4. The molecule has 0 unspecified atom stereocenters. The van der Waals surface area contributed by atoms with Crippen molar-refractivity contribution in [3.05, 3.63) is 69.8 Å². The number of nitrogen functional groups attached to an aromatic ring is 1. The van der Waals surface area contributed by atoms with Crippen LogP contribution < -0.4 is 16.0 Å². The van der Waals surface area contributed by atoms with Crippen LogP contribution in [-0.4, -0.2) is 10.8 Å². The molecule has 0 aliphatic heterocycles. The Morgan fingerprint density at radius 1 is 1.24 bits per heavy atom. The normalized spacial score (nSPS) is 9.95. The minimum atomic E-state index is -0.487. The number of hydrogen-bond acceptors (Lipinski definition) is 5. The lowest BCUT2D eigenvalue weighted by atomic mass is 10.1. The smallest absolute Gasteiger partial charge is 0.273 e. The van der Waals surface area contributed by atoms with Gasteiger partial charge in [-0.1, -0.05) is 18.2 Å². The Morgan fingerprint density at radius 3 is 2.71 bits per heavy atom. The molecule has 0 heterocycles. The summed E-state index contributed by atoms with van der Waals surface area (Å²) in [5.74, 6) is 5.06. The Morgan fingerprint density at radius 2 is 2.00 bits per heavy atom. The first-order valence-corrected chi connectivity index (χ1v) is 6.07. The Bertz CT molecular complexity index is 673. The standard InChI is InChI=1S/C14H13N3O4/c15-16-14(18)11-4-1-3-10(7-11)9-21-13-6-2-5-12(8-13)17(19)20/h1-8H,9,15H2,(H,16,18). The summed E-state index contributed by atoms with van der Waals surface area (Å²) in [5, 5.41) is 10.7. The lowest BCUT2D eigenvalue weighted by Gasteiger charge is -2.07. The molecule has 0 aromatic heterocycles. The Kier molecular flexibility index (Phi) is 4.47. The topological polar surface area (TPSA) is 107 Å². The molecule has 2 aromatic rings. The highest BCUT2D eigenvalue weighted by molar-refractivity contribution is 5.93. The van der Waals surface area contributed by atoms with Crippen molar-refractivity contribution in [3.63, 3.8) is 0 Å². The number of hydrazine groups is 1. The number of non-ortho nitro benzene ring substituents is 1. The van der Waals surface area contributed by atoms with Crippen molar-refractivity contribution in [2.24, 2.45) is 5.84 Å². The van der Waals surface area contributed by atoms with Crippen molar-refractivity contribution in [2.75, 3.05) is 0 Å². The summed E-state index contributed by atoms with van der Waals surface area (Å²) in [7, 11) is 0. The third-order valence-corrected chi connectivity index (χ3v) is 2.75. The second-order valence-electron chi connectivity index (χ2n) is 4.22. The van der Waals surface area contributed by atoms with Crippen LogP contribution in [0.25, 0.3) is 0 Å². The molecule has 3 N–H and O–H groups in total. The van der Waals surface area contributed by atoms with Crippen LogP contribution in [0.3, 0.4) is 0 Å². The van der Waals surface area contributed by atoms with Crippen molar-refractivity contribution in [2.45, 2.75) is 6.61 Å². The van der Waals surface area contributed by atoms with Gasteiger partial charge in [-0.05, 0) is 23.8 Å². The molecule has 0 radical (unpaired) electrons. The van der Waals surface area contributed by atoms with E-state index in [0.717, 1.165) is 5.56 Å². The van der Waals surface area contributed by atoms with E-state index in [0.29, 0.717) is 11.3 Å². The molecule has 0 aliphatic carbocycles. The molecule has 1 amide bonds. The quantitative estimate of drug-likeness (QED) is 0.377. The van der Waals surface area contributed by atoms with Crippen LogP contribution >= 0.6 is 0 Å². The van der Waals surface area contributed by atoms with Gasteiger partial charge in [-0.2, -0.15) is 0 Å². The van der Waals surface area contributed by atoms with E-state index >= 15 is 0 Å². The van der Waals surface area contributed by atoms with E-state index < -0.39 is 10.8 Å². The molecule has 0 aliphatic rings. The predicted octanol–water partition coefficient (Wildman–Crippen LogP) is 1.78. The summed E-state index contributed by atoms with van der Waals surface area (Å²) < 4.78 is 5.48. The SMILES string of the molecule is NNC(=O)c1cccc(COc2cccc([N+](=O)[O-])c2)c1. The molecular formula is C14H13N3O4. The summed E-state index contributed by atoms with van der Waals surface area (Å²) in [6, 6.07) is 12.7. The molecule has 0 bridgehead atoms. The van der Waals surface area contributed by atoms with Crippen LogP contribution in [0.15, 0.2) is 48.5 Å². The Balaban J connectivity index is 2.08. The summed E-state index contributed by atoms with van der Waals surface area (Å²) in [6.07, 6.45) is 0. The molecule has 2 rings (SSSR count). The number of amides is 1. The van der Waals surface area contributed by atoms with Crippen LogP contribution in [0.1, 0.15) is 15.9 Å². The number of nitrogens with zero attached hydrogens (tertiary/aromatic N) is 1. The van der Waals surface area contributed by atoms with Gasteiger partial charge in [0, 0.05) is 11.6 Å². The minimum absolute atomic E-state index is 0.0382. The van der Waals surface area contributed by atoms with Crippen molar-refractivity contribution in [1.29, 1.82) is 0 Å². The van der Waals surface area contributed by atoms with Gasteiger partial charge in [-0.15, -0.1) is 0 Å². The van der Waals surface area contributed by atoms with E-state index in [1.54, 1.807) is 36.4 Å². The van der Waals surface area contributed by atoms with Crippen molar-refractivity contribution in [1.82, 2.24) is 5.43 Å². The Hall–Kier alpha value is -2.93. The number of nitrogens with two attached hydrogens (primary N) is 1. The van der Waals surface area contributed by atoms with Gasteiger partial charge in [0.1, 0.15) is 12.4 Å². The average molecular weight is 287 g/mol. The van der Waals surface area contributed by atoms with Gasteiger partial charge in [0.2, 0.25) is 0 Å². The van der Waals surface area contributed by atoms with Crippen molar-refractivity contribution >= 4 is 11.6 Å². The monoisotopic (exact) mass is 287 g/mol.